The van der Waals surface area contributed by atoms with Crippen LogP contribution in [0.1, 0.15) is 25.3 Å². The van der Waals surface area contributed by atoms with E-state index in [0.29, 0.717) is 0 Å². The fraction of sp³-hybridized carbons (Fsp3) is 0.222. The molecule has 0 N–H and O–H groups in total. The van der Waals surface area contributed by atoms with E-state index in [4.69, 9.17) is 0 Å². The van der Waals surface area contributed by atoms with E-state index in [-0.39, 0.29) is 5.75 Å². The summed E-state index contributed by atoms with van der Waals surface area (Å²) >= 11 is 0. The minimum Gasteiger partial charge on any atom is -0.289 e. The zero-order valence-electron chi connectivity index (χ0n) is 11.1. The SMILES string of the molecule is CCCCc1ccc2cc3c([O])cccc3cc2c1. The van der Waals surface area contributed by atoms with Crippen LogP contribution in [0.25, 0.3) is 21.5 Å². The monoisotopic (exact) mass is 249 g/mol. The van der Waals surface area contributed by atoms with Crippen molar-refractivity contribution in [3.63, 3.8) is 0 Å². The number of rotatable bonds is 3. The van der Waals surface area contributed by atoms with Gasteiger partial charge in [0.15, 0.2) is 5.75 Å². The molecule has 0 unspecified atom stereocenters. The maximum atomic E-state index is 11.8. The van der Waals surface area contributed by atoms with Gasteiger partial charge in [-0.05, 0) is 52.8 Å². The van der Waals surface area contributed by atoms with Crippen LogP contribution in [0, 0.1) is 0 Å². The van der Waals surface area contributed by atoms with E-state index in [1.165, 1.54) is 23.8 Å². The second-order valence-corrected chi connectivity index (χ2v) is 5.11. The largest absolute Gasteiger partial charge is 0.289 e. The third kappa shape index (κ3) is 2.28. The molecule has 3 rings (SSSR count). The third-order valence-electron chi connectivity index (χ3n) is 3.68. The van der Waals surface area contributed by atoms with Gasteiger partial charge in [-0.25, -0.2) is 0 Å². The third-order valence-corrected chi connectivity index (χ3v) is 3.68. The average molecular weight is 249 g/mol. The van der Waals surface area contributed by atoms with Crippen molar-refractivity contribution in [2.45, 2.75) is 26.2 Å². The van der Waals surface area contributed by atoms with Crippen molar-refractivity contribution in [2.75, 3.05) is 0 Å². The van der Waals surface area contributed by atoms with Crippen LogP contribution in [0.15, 0.2) is 48.5 Å². The smallest absolute Gasteiger partial charge is 0.186 e. The first-order chi connectivity index (χ1) is 9.28. The lowest BCUT2D eigenvalue weighted by molar-refractivity contribution is 0.360. The maximum absolute atomic E-state index is 11.8. The summed E-state index contributed by atoms with van der Waals surface area (Å²) in [5.74, 6) is 0.106. The zero-order valence-corrected chi connectivity index (χ0v) is 11.1. The van der Waals surface area contributed by atoms with Crippen LogP contribution < -0.4 is 0 Å². The molecule has 0 bridgehead atoms. The summed E-state index contributed by atoms with van der Waals surface area (Å²) in [7, 11) is 0. The van der Waals surface area contributed by atoms with Gasteiger partial charge in [0.1, 0.15) is 0 Å². The highest BCUT2D eigenvalue weighted by Gasteiger charge is 2.04. The highest BCUT2D eigenvalue weighted by molar-refractivity contribution is 6.00. The first-order valence-corrected chi connectivity index (χ1v) is 6.90. The fourth-order valence-corrected chi connectivity index (χ4v) is 2.58. The molecule has 0 saturated carbocycles. The zero-order chi connectivity index (χ0) is 13.2. The van der Waals surface area contributed by atoms with Crippen molar-refractivity contribution in [1.82, 2.24) is 0 Å². The van der Waals surface area contributed by atoms with Crippen LogP contribution in [0.2, 0.25) is 0 Å². The van der Waals surface area contributed by atoms with E-state index < -0.39 is 0 Å². The molecule has 0 amide bonds. The standard InChI is InChI=1S/C18H17O/c1-2-3-5-13-8-9-14-12-17-15(11-16(14)10-13)6-4-7-18(17)19/h4,6-12H,2-3,5H2,1H3. The van der Waals surface area contributed by atoms with Crippen molar-refractivity contribution >= 4 is 21.5 Å². The fourth-order valence-electron chi connectivity index (χ4n) is 2.58. The quantitative estimate of drug-likeness (QED) is 0.548. The lowest BCUT2D eigenvalue weighted by Gasteiger charge is -2.06. The summed E-state index contributed by atoms with van der Waals surface area (Å²) in [6.45, 7) is 2.21. The Balaban J connectivity index is 2.15. The molecule has 0 aliphatic carbocycles. The molecule has 3 aromatic rings. The van der Waals surface area contributed by atoms with Gasteiger partial charge in [0.2, 0.25) is 0 Å². The molecule has 0 heterocycles. The highest BCUT2D eigenvalue weighted by Crippen LogP contribution is 2.30. The second kappa shape index (κ2) is 4.93. The molecule has 19 heavy (non-hydrogen) atoms. The Kier molecular flexibility index (Phi) is 3.12. The Morgan fingerprint density at radius 1 is 0.895 bits per heavy atom. The number of aryl methyl sites for hydroxylation is 1. The lowest BCUT2D eigenvalue weighted by Crippen LogP contribution is -1.85. The molecule has 0 spiro atoms. The topological polar surface area (TPSA) is 19.9 Å². The van der Waals surface area contributed by atoms with Gasteiger partial charge < -0.3 is 0 Å². The summed E-state index contributed by atoms with van der Waals surface area (Å²) in [6, 6.07) is 16.2. The highest BCUT2D eigenvalue weighted by atomic mass is 16.3. The average Bonchev–Trinajstić information content (AvgIpc) is 2.43. The minimum absolute atomic E-state index is 0.106. The van der Waals surface area contributed by atoms with E-state index in [0.717, 1.165) is 22.6 Å². The molecule has 0 saturated heterocycles. The van der Waals surface area contributed by atoms with Crippen molar-refractivity contribution in [3.8, 4) is 5.75 Å². The first-order valence-electron chi connectivity index (χ1n) is 6.90. The Hall–Kier alpha value is -2.02. The van der Waals surface area contributed by atoms with E-state index >= 15 is 0 Å². The Morgan fingerprint density at radius 2 is 1.79 bits per heavy atom. The molecule has 0 atom stereocenters. The number of benzene rings is 3. The number of unbranched alkanes of at least 4 members (excludes halogenated alkanes) is 1. The van der Waals surface area contributed by atoms with E-state index in [1.807, 2.05) is 18.2 Å². The molecule has 0 fully saturated rings. The van der Waals surface area contributed by atoms with Gasteiger partial charge in [-0.1, -0.05) is 43.7 Å². The van der Waals surface area contributed by atoms with Crippen LogP contribution in [-0.4, -0.2) is 0 Å². The summed E-state index contributed by atoms with van der Waals surface area (Å²) in [4.78, 5) is 0. The van der Waals surface area contributed by atoms with Crippen molar-refractivity contribution in [1.29, 1.82) is 0 Å². The molecule has 0 aromatic heterocycles. The second-order valence-electron chi connectivity index (χ2n) is 5.11. The minimum atomic E-state index is 0.106. The van der Waals surface area contributed by atoms with E-state index in [2.05, 4.69) is 31.2 Å². The first kappa shape index (κ1) is 12.0. The van der Waals surface area contributed by atoms with Crippen LogP contribution in [0.3, 0.4) is 0 Å². The number of fused-ring (bicyclic) bond motifs is 2. The van der Waals surface area contributed by atoms with Gasteiger partial charge in [0.25, 0.3) is 0 Å². The Bertz CT molecular complexity index is 728. The van der Waals surface area contributed by atoms with E-state index in [9.17, 15) is 5.11 Å². The molecule has 1 nitrogen and oxygen atoms in total. The molecule has 0 aliphatic heterocycles. The summed E-state index contributed by atoms with van der Waals surface area (Å²) in [5.41, 5.74) is 1.38. The molecule has 1 radical (unpaired) electrons. The Labute approximate surface area is 113 Å². The normalized spacial score (nSPS) is 11.2. The predicted octanol–water partition coefficient (Wildman–Crippen LogP) is 5.48. The van der Waals surface area contributed by atoms with Gasteiger partial charge in [-0.3, -0.25) is 5.11 Å². The molecule has 3 aromatic carbocycles. The lowest BCUT2D eigenvalue weighted by atomic mass is 9.99. The van der Waals surface area contributed by atoms with Crippen LogP contribution >= 0.6 is 0 Å². The van der Waals surface area contributed by atoms with Crippen LogP contribution in [0.4, 0.5) is 0 Å². The van der Waals surface area contributed by atoms with Gasteiger partial charge in [0, 0.05) is 5.39 Å². The molecule has 1 heteroatoms. The maximum Gasteiger partial charge on any atom is 0.186 e. The van der Waals surface area contributed by atoms with Gasteiger partial charge in [-0.15, -0.1) is 0 Å². The predicted molar refractivity (Wildman–Crippen MR) is 80.2 cm³/mol. The summed E-state index contributed by atoms with van der Waals surface area (Å²) < 4.78 is 0. The van der Waals surface area contributed by atoms with Crippen molar-refractivity contribution < 1.29 is 5.11 Å². The summed E-state index contributed by atoms with van der Waals surface area (Å²) in [6.07, 6.45) is 3.57. The number of hydrogen-bond acceptors (Lipinski definition) is 0. The van der Waals surface area contributed by atoms with E-state index in [1.54, 1.807) is 6.07 Å². The molecular weight excluding hydrogens is 232 g/mol. The Morgan fingerprint density at radius 3 is 2.63 bits per heavy atom. The molecule has 95 valence electrons. The summed E-state index contributed by atoms with van der Waals surface area (Å²) in [5, 5.41) is 16.1. The van der Waals surface area contributed by atoms with Crippen molar-refractivity contribution in [2.24, 2.45) is 0 Å². The van der Waals surface area contributed by atoms with Gasteiger partial charge in [0.05, 0.1) is 0 Å². The van der Waals surface area contributed by atoms with Crippen LogP contribution in [0.5, 0.6) is 5.75 Å². The van der Waals surface area contributed by atoms with Crippen molar-refractivity contribution in [3.05, 3.63) is 54.1 Å². The van der Waals surface area contributed by atoms with Gasteiger partial charge >= 0.3 is 0 Å². The van der Waals surface area contributed by atoms with Gasteiger partial charge in [-0.2, -0.15) is 0 Å². The number of hydrogen-bond donors (Lipinski definition) is 0. The molecule has 0 aliphatic rings. The van der Waals surface area contributed by atoms with Crippen LogP contribution in [-0.2, 0) is 11.5 Å². The molecular formula is C18H17O.